The van der Waals surface area contributed by atoms with Crippen molar-refractivity contribution in [3.8, 4) is 12.3 Å². The van der Waals surface area contributed by atoms with Crippen LogP contribution in [0.1, 0.15) is 41.0 Å². The summed E-state index contributed by atoms with van der Waals surface area (Å²) in [7, 11) is -1.12. The van der Waals surface area contributed by atoms with Gasteiger partial charge in [-0.3, -0.25) is 0 Å². The molecule has 4 atom stereocenters. The van der Waals surface area contributed by atoms with Crippen LogP contribution >= 0.6 is 12.2 Å². The molecule has 0 aliphatic carbocycles. The van der Waals surface area contributed by atoms with E-state index in [4.69, 9.17) is 37.3 Å². The van der Waals surface area contributed by atoms with E-state index in [1.165, 1.54) is 10.4 Å². The molecule has 0 saturated carbocycles. The first kappa shape index (κ1) is 26.6. The molecular formula is C28H36O4SSi. The lowest BCUT2D eigenvalue weighted by atomic mass is 9.92. The van der Waals surface area contributed by atoms with Crippen molar-refractivity contribution in [3.63, 3.8) is 0 Å². The van der Waals surface area contributed by atoms with Crippen molar-refractivity contribution in [1.29, 1.82) is 0 Å². The topological polar surface area (TPSA) is 36.9 Å². The van der Waals surface area contributed by atoms with Gasteiger partial charge in [-0.05, 0) is 34.6 Å². The summed E-state index contributed by atoms with van der Waals surface area (Å²) in [5.41, 5.74) is -0.856. The Morgan fingerprint density at radius 3 is 2.03 bits per heavy atom. The third kappa shape index (κ3) is 5.00. The summed E-state index contributed by atoms with van der Waals surface area (Å²) in [5, 5.41) is 2.69. The molecule has 2 aromatic rings. The van der Waals surface area contributed by atoms with Gasteiger partial charge in [0, 0.05) is 20.5 Å². The first-order chi connectivity index (χ1) is 16.1. The number of terminal acetylenes is 1. The summed E-state index contributed by atoms with van der Waals surface area (Å²) in [4.78, 5) is 0. The van der Waals surface area contributed by atoms with Crippen molar-refractivity contribution in [2.45, 2.75) is 70.0 Å². The van der Waals surface area contributed by atoms with E-state index in [1.54, 1.807) is 14.0 Å². The maximum absolute atomic E-state index is 7.19. The van der Waals surface area contributed by atoms with Crippen LogP contribution in [0, 0.1) is 12.3 Å². The molecule has 1 saturated heterocycles. The minimum Gasteiger partial charge on any atom is -0.479 e. The molecule has 0 aromatic heterocycles. The lowest BCUT2D eigenvalue weighted by Crippen LogP contribution is -2.68. The van der Waals surface area contributed by atoms with E-state index in [-0.39, 0.29) is 23.9 Å². The number of thiocarbonyl (C=S) groups is 1. The standard InChI is InChI=1S/C28H36O4SSi/c1-8-19-28(26(29-7)25(21(2)32-28)31-22(3)33)20-30-34(27(4,5)6,23-15-11-9-12-16-23)24-17-13-10-14-18-24/h1,9-18,21,25-26H,19-20H2,2-7H3/t21-,25-,26-,28+/m0/s1. The zero-order chi connectivity index (χ0) is 25.0. The smallest absolute Gasteiger partial charge is 0.261 e. The molecule has 3 rings (SSSR count). The molecule has 4 nitrogen and oxygen atoms in total. The van der Waals surface area contributed by atoms with Crippen molar-refractivity contribution in [3.05, 3.63) is 60.7 Å². The predicted molar refractivity (Wildman–Crippen MR) is 144 cm³/mol. The molecule has 0 spiro atoms. The van der Waals surface area contributed by atoms with E-state index < -0.39 is 20.0 Å². The molecule has 1 aliphatic heterocycles. The second-order valence-electron chi connectivity index (χ2n) is 9.95. The number of rotatable bonds is 8. The van der Waals surface area contributed by atoms with Crippen LogP contribution in [-0.4, -0.2) is 51.0 Å². The molecule has 0 N–H and O–H groups in total. The first-order valence-corrected chi connectivity index (χ1v) is 14.0. The summed E-state index contributed by atoms with van der Waals surface area (Å²) in [6.45, 7) is 10.8. The maximum atomic E-state index is 7.19. The highest BCUT2D eigenvalue weighted by Gasteiger charge is 2.58. The van der Waals surface area contributed by atoms with Crippen LogP contribution in [0.4, 0.5) is 0 Å². The molecule has 6 heteroatoms. The molecule has 0 unspecified atom stereocenters. The maximum Gasteiger partial charge on any atom is 0.261 e. The van der Waals surface area contributed by atoms with Gasteiger partial charge in [-0.15, -0.1) is 12.3 Å². The molecule has 1 heterocycles. The summed E-state index contributed by atoms with van der Waals surface area (Å²) >= 11 is 5.23. The second kappa shape index (κ2) is 10.7. The van der Waals surface area contributed by atoms with Crippen LogP contribution in [-0.2, 0) is 18.6 Å². The molecule has 34 heavy (non-hydrogen) atoms. The highest BCUT2D eigenvalue weighted by Crippen LogP contribution is 2.42. The first-order valence-electron chi connectivity index (χ1n) is 11.7. The Bertz CT molecular complexity index is 959. The number of hydrogen-bond acceptors (Lipinski definition) is 5. The van der Waals surface area contributed by atoms with Crippen molar-refractivity contribution in [1.82, 2.24) is 0 Å². The van der Waals surface area contributed by atoms with Crippen molar-refractivity contribution in [2.75, 3.05) is 13.7 Å². The monoisotopic (exact) mass is 496 g/mol. The number of hydrogen-bond donors (Lipinski definition) is 0. The lowest BCUT2D eigenvalue weighted by molar-refractivity contribution is -0.111. The number of ether oxygens (including phenoxy) is 3. The van der Waals surface area contributed by atoms with Crippen LogP contribution in [0.2, 0.25) is 5.04 Å². The van der Waals surface area contributed by atoms with Crippen molar-refractivity contribution in [2.24, 2.45) is 0 Å². The van der Waals surface area contributed by atoms with Crippen LogP contribution in [0.15, 0.2) is 60.7 Å². The summed E-state index contributed by atoms with van der Waals surface area (Å²) < 4.78 is 25.6. The Morgan fingerprint density at radius 2 is 1.62 bits per heavy atom. The van der Waals surface area contributed by atoms with Gasteiger partial charge in [-0.2, -0.15) is 0 Å². The Hall–Kier alpha value is -2.01. The quantitative estimate of drug-likeness (QED) is 0.306. The SMILES string of the molecule is C#CC[C@]1(CO[Si](c2ccccc2)(c2ccccc2)C(C)(C)C)O[C@@H](C)[C@H](OC(C)=S)[C@@H]1OC. The fraction of sp³-hybridized carbons (Fsp3) is 0.464. The van der Waals surface area contributed by atoms with Gasteiger partial charge >= 0.3 is 0 Å². The molecule has 1 aliphatic rings. The van der Waals surface area contributed by atoms with Gasteiger partial charge in [-0.1, -0.05) is 81.4 Å². The molecule has 1 fully saturated rings. The van der Waals surface area contributed by atoms with E-state index >= 15 is 0 Å². The summed E-state index contributed by atoms with van der Waals surface area (Å²) in [6.07, 6.45) is 5.16. The van der Waals surface area contributed by atoms with Gasteiger partial charge in [0.05, 0.1) is 12.7 Å². The van der Waals surface area contributed by atoms with Gasteiger partial charge < -0.3 is 18.6 Å². The van der Waals surface area contributed by atoms with Gasteiger partial charge in [0.25, 0.3) is 8.32 Å². The summed E-state index contributed by atoms with van der Waals surface area (Å²) in [5.74, 6) is 2.81. The van der Waals surface area contributed by atoms with E-state index in [0.717, 1.165) is 0 Å². The molecule has 182 valence electrons. The minimum atomic E-state index is -2.78. The highest BCUT2D eigenvalue weighted by atomic mass is 32.1. The van der Waals surface area contributed by atoms with E-state index in [2.05, 4.69) is 75.2 Å². The Labute approximate surface area is 211 Å². The van der Waals surface area contributed by atoms with Crippen molar-refractivity contribution < 1.29 is 18.6 Å². The molecular weight excluding hydrogens is 460 g/mol. The van der Waals surface area contributed by atoms with E-state index in [1.807, 2.05) is 19.1 Å². The molecule has 0 bridgehead atoms. The average molecular weight is 497 g/mol. The number of benzene rings is 2. The van der Waals surface area contributed by atoms with Crippen LogP contribution < -0.4 is 10.4 Å². The summed E-state index contributed by atoms with van der Waals surface area (Å²) in [6, 6.07) is 21.1. The van der Waals surface area contributed by atoms with Gasteiger partial charge in [0.1, 0.15) is 11.7 Å². The minimum absolute atomic E-state index is 0.166. The highest BCUT2D eigenvalue weighted by molar-refractivity contribution is 7.80. The predicted octanol–water partition coefficient (Wildman–Crippen LogP) is 4.49. The van der Waals surface area contributed by atoms with E-state index in [9.17, 15) is 0 Å². The Balaban J connectivity index is 2.11. The molecule has 0 amide bonds. The molecule has 0 radical (unpaired) electrons. The molecule has 2 aromatic carbocycles. The average Bonchev–Trinajstić information content (AvgIpc) is 3.05. The lowest BCUT2D eigenvalue weighted by Gasteiger charge is -2.45. The third-order valence-corrected chi connectivity index (χ3v) is 11.7. The van der Waals surface area contributed by atoms with Crippen LogP contribution in [0.5, 0.6) is 0 Å². The van der Waals surface area contributed by atoms with Gasteiger partial charge in [0.15, 0.2) is 11.2 Å². The van der Waals surface area contributed by atoms with Crippen LogP contribution in [0.25, 0.3) is 0 Å². The Kier molecular flexibility index (Phi) is 8.38. The zero-order valence-electron chi connectivity index (χ0n) is 21.0. The van der Waals surface area contributed by atoms with Crippen molar-refractivity contribution >= 4 is 36.0 Å². The fourth-order valence-corrected chi connectivity index (χ4v) is 9.95. The zero-order valence-corrected chi connectivity index (χ0v) is 22.9. The van der Waals surface area contributed by atoms with Crippen LogP contribution in [0.3, 0.4) is 0 Å². The van der Waals surface area contributed by atoms with Gasteiger partial charge in [0.2, 0.25) is 0 Å². The fourth-order valence-electron chi connectivity index (χ4n) is 5.22. The van der Waals surface area contributed by atoms with E-state index in [0.29, 0.717) is 11.5 Å². The second-order valence-corrected chi connectivity index (χ2v) is 14.8. The third-order valence-electron chi connectivity index (χ3n) is 6.61. The Morgan fingerprint density at radius 1 is 1.09 bits per heavy atom. The largest absolute Gasteiger partial charge is 0.479 e. The number of methoxy groups -OCH3 is 1. The normalized spacial score (nSPS) is 25.0. The van der Waals surface area contributed by atoms with Gasteiger partial charge in [-0.25, -0.2) is 0 Å².